The van der Waals surface area contributed by atoms with Crippen LogP contribution in [-0.2, 0) is 9.59 Å². The summed E-state index contributed by atoms with van der Waals surface area (Å²) in [6.45, 7) is 1.55. The maximum atomic E-state index is 11.6. The molecule has 0 saturated heterocycles. The van der Waals surface area contributed by atoms with Gasteiger partial charge in [-0.15, -0.1) is 0 Å². The fraction of sp³-hybridized carbons (Fsp3) is 0.125. The smallest absolute Gasteiger partial charge is 0.293 e. The molecule has 0 aromatic heterocycles. The maximum absolute atomic E-state index is 11.6. The minimum Gasteiger partial charge on any atom is -0.314 e. The molecule has 2 rings (SSSR count). The third-order valence-corrected chi connectivity index (χ3v) is 3.12. The van der Waals surface area contributed by atoms with E-state index in [2.05, 4.69) is 5.32 Å². The molecule has 0 aliphatic carbocycles. The normalized spacial score (nSPS) is 10.0. The first kappa shape index (κ1) is 15.4. The van der Waals surface area contributed by atoms with Crippen LogP contribution >= 0.6 is 0 Å². The standard InChI is InChI=1S/C16H14N2O4/c1-2-15(19)16(20)17-13-9-8-12(10-14(13)18(21)22)11-6-4-3-5-7-11/h3-10H,2H2,1H3,(H,17,20). The van der Waals surface area contributed by atoms with Gasteiger partial charge in [-0.1, -0.05) is 43.3 Å². The van der Waals surface area contributed by atoms with Crippen LogP contribution in [0.3, 0.4) is 0 Å². The van der Waals surface area contributed by atoms with Crippen molar-refractivity contribution in [1.82, 2.24) is 0 Å². The molecule has 0 aliphatic rings. The van der Waals surface area contributed by atoms with Crippen molar-refractivity contribution in [3.05, 3.63) is 58.6 Å². The van der Waals surface area contributed by atoms with Crippen molar-refractivity contribution in [3.63, 3.8) is 0 Å². The van der Waals surface area contributed by atoms with Gasteiger partial charge in [0.15, 0.2) is 0 Å². The first-order valence-electron chi connectivity index (χ1n) is 6.71. The average molecular weight is 298 g/mol. The molecule has 0 saturated carbocycles. The van der Waals surface area contributed by atoms with E-state index in [1.807, 2.05) is 30.3 Å². The van der Waals surface area contributed by atoms with Crippen LogP contribution in [0.1, 0.15) is 13.3 Å². The van der Waals surface area contributed by atoms with Gasteiger partial charge < -0.3 is 5.32 Å². The largest absolute Gasteiger partial charge is 0.314 e. The Balaban J connectivity index is 2.38. The number of benzene rings is 2. The highest BCUT2D eigenvalue weighted by Crippen LogP contribution is 2.30. The van der Waals surface area contributed by atoms with Gasteiger partial charge in [-0.05, 0) is 17.2 Å². The molecule has 0 radical (unpaired) electrons. The lowest BCUT2D eigenvalue weighted by molar-refractivity contribution is -0.383. The van der Waals surface area contributed by atoms with E-state index in [0.29, 0.717) is 5.56 Å². The monoisotopic (exact) mass is 298 g/mol. The summed E-state index contributed by atoms with van der Waals surface area (Å²) in [4.78, 5) is 33.5. The quantitative estimate of drug-likeness (QED) is 0.521. The molecule has 0 atom stereocenters. The predicted molar refractivity (Wildman–Crippen MR) is 82.5 cm³/mol. The summed E-state index contributed by atoms with van der Waals surface area (Å²) >= 11 is 0. The number of amides is 1. The second kappa shape index (κ2) is 6.62. The van der Waals surface area contributed by atoms with Crippen molar-refractivity contribution in [3.8, 4) is 11.1 Å². The molecular weight excluding hydrogens is 284 g/mol. The first-order chi connectivity index (χ1) is 10.5. The third kappa shape index (κ3) is 3.35. The number of nitrogens with zero attached hydrogens (tertiary/aromatic N) is 1. The molecule has 22 heavy (non-hydrogen) atoms. The van der Waals surface area contributed by atoms with Crippen LogP contribution in [0.4, 0.5) is 11.4 Å². The van der Waals surface area contributed by atoms with Gasteiger partial charge in [0.2, 0.25) is 5.78 Å². The Morgan fingerprint density at radius 3 is 2.36 bits per heavy atom. The molecule has 0 unspecified atom stereocenters. The van der Waals surface area contributed by atoms with Gasteiger partial charge in [0.05, 0.1) is 4.92 Å². The van der Waals surface area contributed by atoms with Crippen LogP contribution in [0.2, 0.25) is 0 Å². The van der Waals surface area contributed by atoms with Gasteiger partial charge >= 0.3 is 0 Å². The van der Waals surface area contributed by atoms with Gasteiger partial charge in [-0.3, -0.25) is 19.7 Å². The Morgan fingerprint density at radius 1 is 1.09 bits per heavy atom. The zero-order valence-electron chi connectivity index (χ0n) is 11.9. The number of Topliss-reactive ketones (excluding diaryl/α,β-unsaturated/α-hetero) is 1. The summed E-state index contributed by atoms with van der Waals surface area (Å²) in [7, 11) is 0. The molecule has 0 spiro atoms. The average Bonchev–Trinajstić information content (AvgIpc) is 2.54. The second-order valence-electron chi connectivity index (χ2n) is 4.59. The van der Waals surface area contributed by atoms with E-state index in [1.54, 1.807) is 13.0 Å². The van der Waals surface area contributed by atoms with Crippen LogP contribution in [0, 0.1) is 10.1 Å². The van der Waals surface area contributed by atoms with E-state index in [0.717, 1.165) is 5.56 Å². The number of nitro benzene ring substituents is 1. The van der Waals surface area contributed by atoms with Crippen molar-refractivity contribution < 1.29 is 14.5 Å². The Kier molecular flexibility index (Phi) is 4.63. The van der Waals surface area contributed by atoms with Crippen molar-refractivity contribution >= 4 is 23.1 Å². The van der Waals surface area contributed by atoms with Gasteiger partial charge in [0.25, 0.3) is 11.6 Å². The highest BCUT2D eigenvalue weighted by atomic mass is 16.6. The molecular formula is C16H14N2O4. The van der Waals surface area contributed by atoms with E-state index in [9.17, 15) is 19.7 Å². The Morgan fingerprint density at radius 2 is 1.77 bits per heavy atom. The van der Waals surface area contributed by atoms with E-state index in [1.165, 1.54) is 12.1 Å². The minimum atomic E-state index is -0.849. The van der Waals surface area contributed by atoms with Crippen LogP contribution in [0.25, 0.3) is 11.1 Å². The van der Waals surface area contributed by atoms with Gasteiger partial charge in [0.1, 0.15) is 5.69 Å². The first-order valence-corrected chi connectivity index (χ1v) is 6.71. The molecule has 0 heterocycles. The Hall–Kier alpha value is -3.02. The summed E-state index contributed by atoms with van der Waals surface area (Å²) in [6.07, 6.45) is 0.0434. The summed E-state index contributed by atoms with van der Waals surface area (Å²) in [5.74, 6) is -1.47. The van der Waals surface area contributed by atoms with Gasteiger partial charge in [-0.25, -0.2) is 0 Å². The minimum absolute atomic E-state index is 0.0106. The fourth-order valence-electron chi connectivity index (χ4n) is 1.95. The SMILES string of the molecule is CCC(=O)C(=O)Nc1ccc(-c2ccccc2)cc1[N+](=O)[O-]. The predicted octanol–water partition coefficient (Wildman–Crippen LogP) is 3.18. The lowest BCUT2D eigenvalue weighted by Crippen LogP contribution is -2.22. The van der Waals surface area contributed by atoms with E-state index >= 15 is 0 Å². The lowest BCUT2D eigenvalue weighted by atomic mass is 10.0. The molecule has 6 nitrogen and oxygen atoms in total. The zero-order chi connectivity index (χ0) is 16.1. The molecule has 0 bridgehead atoms. The number of nitrogens with one attached hydrogen (secondary N) is 1. The fourth-order valence-corrected chi connectivity index (χ4v) is 1.95. The van der Waals surface area contributed by atoms with Crippen LogP contribution in [0.15, 0.2) is 48.5 Å². The van der Waals surface area contributed by atoms with Crippen molar-refractivity contribution in [1.29, 1.82) is 0 Å². The molecule has 2 aromatic carbocycles. The molecule has 6 heteroatoms. The van der Waals surface area contributed by atoms with Crippen LogP contribution < -0.4 is 5.32 Å². The highest BCUT2D eigenvalue weighted by Gasteiger charge is 2.19. The molecule has 0 fully saturated rings. The number of hydrogen-bond donors (Lipinski definition) is 1. The second-order valence-corrected chi connectivity index (χ2v) is 4.59. The number of ketones is 1. The topological polar surface area (TPSA) is 89.3 Å². The summed E-state index contributed by atoms with van der Waals surface area (Å²) < 4.78 is 0. The molecule has 2 aromatic rings. The molecule has 1 amide bonds. The summed E-state index contributed by atoms with van der Waals surface area (Å²) in [6, 6.07) is 13.6. The number of nitro groups is 1. The van der Waals surface area contributed by atoms with Gasteiger partial charge in [0, 0.05) is 12.5 Å². The van der Waals surface area contributed by atoms with Crippen LogP contribution in [-0.4, -0.2) is 16.6 Å². The number of carbonyl (C=O) groups excluding carboxylic acids is 2. The number of hydrogen-bond acceptors (Lipinski definition) is 4. The number of carbonyl (C=O) groups is 2. The maximum Gasteiger partial charge on any atom is 0.293 e. The molecule has 1 N–H and O–H groups in total. The van der Waals surface area contributed by atoms with E-state index in [-0.39, 0.29) is 17.8 Å². The zero-order valence-corrected chi connectivity index (χ0v) is 11.9. The Bertz CT molecular complexity index is 726. The number of anilines is 1. The van der Waals surface area contributed by atoms with Gasteiger partial charge in [-0.2, -0.15) is 0 Å². The van der Waals surface area contributed by atoms with Crippen molar-refractivity contribution in [2.45, 2.75) is 13.3 Å². The van der Waals surface area contributed by atoms with Crippen LogP contribution in [0.5, 0.6) is 0 Å². The van der Waals surface area contributed by atoms with Crippen molar-refractivity contribution in [2.75, 3.05) is 5.32 Å². The van der Waals surface area contributed by atoms with Crippen molar-refractivity contribution in [2.24, 2.45) is 0 Å². The highest BCUT2D eigenvalue weighted by molar-refractivity contribution is 6.40. The van der Waals surface area contributed by atoms with E-state index < -0.39 is 16.6 Å². The third-order valence-electron chi connectivity index (χ3n) is 3.12. The van der Waals surface area contributed by atoms with E-state index in [4.69, 9.17) is 0 Å². The number of rotatable bonds is 5. The lowest BCUT2D eigenvalue weighted by Gasteiger charge is -2.07. The molecule has 112 valence electrons. The summed E-state index contributed by atoms with van der Waals surface area (Å²) in [5, 5.41) is 13.5. The summed E-state index contributed by atoms with van der Waals surface area (Å²) in [5.41, 5.74) is 1.25. The Labute approximate surface area is 126 Å². The molecule has 0 aliphatic heterocycles.